The van der Waals surface area contributed by atoms with Crippen molar-refractivity contribution in [1.82, 2.24) is 0 Å². The van der Waals surface area contributed by atoms with Crippen molar-refractivity contribution in [3.63, 3.8) is 0 Å². The van der Waals surface area contributed by atoms with Crippen LogP contribution in [0.1, 0.15) is 142 Å². The average Bonchev–Trinajstić information content (AvgIpc) is 2.91. The molecule has 0 N–H and O–H groups in total. The third-order valence-electron chi connectivity index (χ3n) is 7.45. The quantitative estimate of drug-likeness (QED) is 0.105. The van der Waals surface area contributed by atoms with Gasteiger partial charge < -0.3 is 9.47 Å². The second kappa shape index (κ2) is 22.0. The Morgan fingerprint density at radius 3 is 1.05 bits per heavy atom. The van der Waals surface area contributed by atoms with Crippen LogP contribution in [-0.4, -0.2) is 13.2 Å². The molecule has 0 heterocycles. The minimum atomic E-state index is 0.777. The molecule has 0 aliphatic rings. The highest BCUT2D eigenvalue weighted by molar-refractivity contribution is 9.11. The highest BCUT2D eigenvalue weighted by atomic mass is 79.9. The summed E-state index contributed by atoms with van der Waals surface area (Å²) in [5.74, 6) is 1.85. The van der Waals surface area contributed by atoms with E-state index in [-0.39, 0.29) is 0 Å². The molecule has 0 aliphatic heterocycles. The summed E-state index contributed by atoms with van der Waals surface area (Å²) in [4.78, 5) is 0. The van der Waals surface area contributed by atoms with E-state index in [9.17, 15) is 0 Å². The van der Waals surface area contributed by atoms with E-state index >= 15 is 0 Å². The highest BCUT2D eigenvalue weighted by Crippen LogP contribution is 2.36. The first-order valence-electron chi connectivity index (χ1n) is 15.8. The fraction of sp³-hybridized carbons (Fsp3) is 0.706. The fourth-order valence-electron chi connectivity index (χ4n) is 5.02. The maximum atomic E-state index is 6.16. The van der Waals surface area contributed by atoms with Crippen LogP contribution in [0.25, 0.3) is 10.8 Å². The summed E-state index contributed by atoms with van der Waals surface area (Å²) >= 11 is 7.42. The molecule has 4 heteroatoms. The van der Waals surface area contributed by atoms with Gasteiger partial charge in [-0.2, -0.15) is 0 Å². The minimum absolute atomic E-state index is 0.777. The smallest absolute Gasteiger partial charge is 0.134 e. The maximum absolute atomic E-state index is 6.16. The predicted molar refractivity (Wildman–Crippen MR) is 174 cm³/mol. The first kappa shape index (κ1) is 33.5. The standard InChI is InChI=1S/C34H54Br2O2/c1-3-5-7-9-11-13-15-17-19-21-23-37-33-27-30-28-34(32(36)26-29(30)25-31(33)35)38-24-22-20-18-16-14-12-10-8-6-4-2/h25-28H,3-24H2,1-2H3. The van der Waals surface area contributed by atoms with Crippen molar-refractivity contribution in [2.45, 2.75) is 142 Å². The van der Waals surface area contributed by atoms with Crippen LogP contribution in [0.4, 0.5) is 0 Å². The van der Waals surface area contributed by atoms with Crippen molar-refractivity contribution in [3.05, 3.63) is 33.2 Å². The Balaban J connectivity index is 1.66. The lowest BCUT2D eigenvalue weighted by Gasteiger charge is -2.13. The normalized spacial score (nSPS) is 11.4. The molecule has 216 valence electrons. The molecule has 0 saturated heterocycles. The van der Waals surface area contributed by atoms with Gasteiger partial charge in [-0.25, -0.2) is 0 Å². The van der Waals surface area contributed by atoms with Gasteiger partial charge in [-0.05, 0) is 79.7 Å². The van der Waals surface area contributed by atoms with Gasteiger partial charge in [0.15, 0.2) is 0 Å². The Bertz CT molecular complexity index is 800. The van der Waals surface area contributed by atoms with E-state index < -0.39 is 0 Å². The van der Waals surface area contributed by atoms with Gasteiger partial charge in [0.05, 0.1) is 22.2 Å². The lowest BCUT2D eigenvalue weighted by atomic mass is 10.1. The van der Waals surface area contributed by atoms with E-state index in [2.05, 4.69) is 70.0 Å². The van der Waals surface area contributed by atoms with Gasteiger partial charge in [-0.15, -0.1) is 0 Å². The molecule has 2 aromatic carbocycles. The molecule has 0 fully saturated rings. The maximum Gasteiger partial charge on any atom is 0.134 e. The lowest BCUT2D eigenvalue weighted by molar-refractivity contribution is 0.302. The zero-order chi connectivity index (χ0) is 27.3. The lowest BCUT2D eigenvalue weighted by Crippen LogP contribution is -1.99. The van der Waals surface area contributed by atoms with Gasteiger partial charge in [0, 0.05) is 0 Å². The van der Waals surface area contributed by atoms with Gasteiger partial charge in [0.2, 0.25) is 0 Å². The van der Waals surface area contributed by atoms with Crippen LogP contribution in [0.15, 0.2) is 33.2 Å². The zero-order valence-electron chi connectivity index (χ0n) is 24.4. The van der Waals surface area contributed by atoms with Crippen molar-refractivity contribution < 1.29 is 9.47 Å². The minimum Gasteiger partial charge on any atom is -0.492 e. The average molecular weight is 655 g/mol. The number of benzene rings is 2. The number of ether oxygens (including phenoxy) is 2. The predicted octanol–water partition coefficient (Wildman–Crippen LogP) is 13.0. The fourth-order valence-corrected chi connectivity index (χ4v) is 5.97. The molecule has 0 unspecified atom stereocenters. The van der Waals surface area contributed by atoms with Gasteiger partial charge in [-0.3, -0.25) is 0 Å². The third kappa shape index (κ3) is 14.6. The summed E-state index contributed by atoms with van der Waals surface area (Å²) in [7, 11) is 0. The molecule has 0 atom stereocenters. The topological polar surface area (TPSA) is 18.5 Å². The molecule has 2 rings (SSSR count). The summed E-state index contributed by atoms with van der Waals surface area (Å²) < 4.78 is 14.4. The van der Waals surface area contributed by atoms with E-state index in [0.717, 1.165) is 51.9 Å². The summed E-state index contributed by atoms with van der Waals surface area (Å²) in [5.41, 5.74) is 0. The second-order valence-electron chi connectivity index (χ2n) is 11.0. The molecule has 0 spiro atoms. The molecule has 0 aromatic heterocycles. The SMILES string of the molecule is CCCCCCCCCCCCOc1cc2cc(OCCCCCCCCCCCC)c(Br)cc2cc1Br. The largest absolute Gasteiger partial charge is 0.492 e. The Morgan fingerprint density at radius 2 is 0.711 bits per heavy atom. The van der Waals surface area contributed by atoms with Crippen molar-refractivity contribution in [2.24, 2.45) is 0 Å². The third-order valence-corrected chi connectivity index (χ3v) is 8.69. The van der Waals surface area contributed by atoms with E-state index in [1.165, 1.54) is 121 Å². The molecule has 38 heavy (non-hydrogen) atoms. The van der Waals surface area contributed by atoms with E-state index in [1.807, 2.05) is 0 Å². The van der Waals surface area contributed by atoms with Crippen LogP contribution in [0, 0.1) is 0 Å². The number of fused-ring (bicyclic) bond motifs is 1. The number of unbranched alkanes of at least 4 members (excludes halogenated alkanes) is 18. The van der Waals surface area contributed by atoms with Crippen molar-refractivity contribution in [3.8, 4) is 11.5 Å². The number of hydrogen-bond acceptors (Lipinski definition) is 2. The Morgan fingerprint density at radius 1 is 0.421 bits per heavy atom. The number of hydrogen-bond donors (Lipinski definition) is 0. The molecular formula is C34H54Br2O2. The van der Waals surface area contributed by atoms with Crippen LogP contribution in [-0.2, 0) is 0 Å². The van der Waals surface area contributed by atoms with Crippen LogP contribution in [0.3, 0.4) is 0 Å². The molecule has 2 nitrogen and oxygen atoms in total. The van der Waals surface area contributed by atoms with Crippen LogP contribution < -0.4 is 9.47 Å². The Labute approximate surface area is 251 Å². The molecule has 0 radical (unpaired) electrons. The number of rotatable bonds is 24. The van der Waals surface area contributed by atoms with Crippen LogP contribution in [0.2, 0.25) is 0 Å². The van der Waals surface area contributed by atoms with Crippen molar-refractivity contribution >= 4 is 42.6 Å². The van der Waals surface area contributed by atoms with E-state index in [4.69, 9.17) is 9.47 Å². The highest BCUT2D eigenvalue weighted by Gasteiger charge is 2.09. The van der Waals surface area contributed by atoms with Crippen molar-refractivity contribution in [1.29, 1.82) is 0 Å². The summed E-state index contributed by atoms with van der Waals surface area (Å²) in [6.07, 6.45) is 26.8. The molecule has 0 aliphatic carbocycles. The molecule has 2 aromatic rings. The van der Waals surface area contributed by atoms with Gasteiger partial charge in [-0.1, -0.05) is 129 Å². The van der Waals surface area contributed by atoms with Crippen LogP contribution >= 0.6 is 31.9 Å². The second-order valence-corrected chi connectivity index (χ2v) is 12.7. The van der Waals surface area contributed by atoms with Gasteiger partial charge in [0.1, 0.15) is 11.5 Å². The molecular weight excluding hydrogens is 600 g/mol. The van der Waals surface area contributed by atoms with Gasteiger partial charge in [0.25, 0.3) is 0 Å². The van der Waals surface area contributed by atoms with Crippen LogP contribution in [0.5, 0.6) is 11.5 Å². The Kier molecular flexibility index (Phi) is 19.4. The van der Waals surface area contributed by atoms with E-state index in [0.29, 0.717) is 0 Å². The molecule has 0 bridgehead atoms. The molecule has 0 amide bonds. The summed E-state index contributed by atoms with van der Waals surface area (Å²) in [6, 6.07) is 8.60. The summed E-state index contributed by atoms with van der Waals surface area (Å²) in [6.45, 7) is 6.12. The monoisotopic (exact) mass is 652 g/mol. The Hall–Kier alpha value is -0.740. The summed E-state index contributed by atoms with van der Waals surface area (Å²) in [5, 5.41) is 2.34. The molecule has 0 saturated carbocycles. The zero-order valence-corrected chi connectivity index (χ0v) is 27.6. The van der Waals surface area contributed by atoms with Gasteiger partial charge >= 0.3 is 0 Å². The first-order valence-corrected chi connectivity index (χ1v) is 17.4. The van der Waals surface area contributed by atoms with E-state index in [1.54, 1.807) is 0 Å². The van der Waals surface area contributed by atoms with Crippen molar-refractivity contribution in [2.75, 3.05) is 13.2 Å². The number of halogens is 2. The first-order chi connectivity index (χ1) is 18.7.